The Morgan fingerprint density at radius 2 is 2.31 bits per heavy atom. The first-order valence-corrected chi connectivity index (χ1v) is 5.87. The lowest BCUT2D eigenvalue weighted by Crippen LogP contribution is -2.35. The molecule has 4 heteroatoms. The molecule has 0 spiro atoms. The predicted octanol–water partition coefficient (Wildman–Crippen LogP) is 1.36. The molecular weight excluding hydrogens is 228 g/mol. The largest absolute Gasteiger partial charge is 0.549 e. The van der Waals surface area contributed by atoms with Crippen LogP contribution in [0.5, 0.6) is 0 Å². The predicted molar refractivity (Wildman–Crippen MR) is 60.7 cm³/mol. The summed E-state index contributed by atoms with van der Waals surface area (Å²) in [7, 11) is 0. The van der Waals surface area contributed by atoms with Gasteiger partial charge in [0.1, 0.15) is 5.60 Å². The van der Waals surface area contributed by atoms with Gasteiger partial charge in [-0.25, -0.2) is 0 Å². The fourth-order valence-corrected chi connectivity index (χ4v) is 2.09. The number of hydrogen-bond acceptors (Lipinski definition) is 3. The van der Waals surface area contributed by atoms with Crippen molar-refractivity contribution in [2.24, 2.45) is 5.92 Å². The minimum atomic E-state index is -1.24. The zero-order chi connectivity index (χ0) is 12.2. The molecule has 0 aromatic heterocycles. The third-order valence-electron chi connectivity index (χ3n) is 2.70. The third kappa shape index (κ3) is 3.35. The molecule has 0 saturated heterocycles. The Balaban J connectivity index is 2.66. The molecule has 0 aromatic rings. The molecule has 0 heterocycles. The van der Waals surface area contributed by atoms with E-state index < -0.39 is 17.5 Å². The van der Waals surface area contributed by atoms with Crippen molar-refractivity contribution < 1.29 is 15.0 Å². The number of aliphatic hydroxyl groups is 1. The van der Waals surface area contributed by atoms with Gasteiger partial charge in [0.2, 0.25) is 0 Å². The summed E-state index contributed by atoms with van der Waals surface area (Å²) in [5.74, 6) is -2.17. The van der Waals surface area contributed by atoms with Gasteiger partial charge >= 0.3 is 0 Å². The number of carbonyl (C=O) groups is 1. The molecule has 16 heavy (non-hydrogen) atoms. The summed E-state index contributed by atoms with van der Waals surface area (Å²) >= 11 is 5.80. The standard InChI is InChI=1S/C12H17ClO3/c1-2-3-4-6-12(16)7-5-9(11(14)15)10(13)8-12/h5,7-9,16H,2-4,6H2,1H3,(H,14,15)/p-1. The van der Waals surface area contributed by atoms with Gasteiger partial charge in [-0.2, -0.15) is 0 Å². The first kappa shape index (κ1) is 13.3. The zero-order valence-corrected chi connectivity index (χ0v) is 10.0. The van der Waals surface area contributed by atoms with Crippen molar-refractivity contribution in [3.8, 4) is 0 Å². The van der Waals surface area contributed by atoms with E-state index in [-0.39, 0.29) is 5.03 Å². The fraction of sp³-hybridized carbons (Fsp3) is 0.583. The summed E-state index contributed by atoms with van der Waals surface area (Å²) in [5.41, 5.74) is -1.10. The quantitative estimate of drug-likeness (QED) is 0.586. The average molecular weight is 244 g/mol. The number of carboxylic acids is 1. The third-order valence-corrected chi connectivity index (χ3v) is 3.04. The van der Waals surface area contributed by atoms with Crippen LogP contribution in [0.1, 0.15) is 32.6 Å². The van der Waals surface area contributed by atoms with Crippen LogP contribution in [0.3, 0.4) is 0 Å². The maximum Gasteiger partial charge on any atom is 0.102 e. The zero-order valence-electron chi connectivity index (χ0n) is 9.28. The van der Waals surface area contributed by atoms with Crippen molar-refractivity contribution in [1.82, 2.24) is 0 Å². The molecule has 0 radical (unpaired) electrons. The van der Waals surface area contributed by atoms with Gasteiger partial charge in [0, 0.05) is 5.03 Å². The Bertz CT molecular complexity index is 322. The molecule has 0 aliphatic heterocycles. The van der Waals surface area contributed by atoms with E-state index in [1.165, 1.54) is 18.2 Å². The van der Waals surface area contributed by atoms with E-state index >= 15 is 0 Å². The first-order chi connectivity index (χ1) is 7.48. The van der Waals surface area contributed by atoms with E-state index in [9.17, 15) is 15.0 Å². The number of unbranched alkanes of at least 4 members (excludes halogenated alkanes) is 2. The number of hydrogen-bond donors (Lipinski definition) is 1. The molecule has 1 rings (SSSR count). The summed E-state index contributed by atoms with van der Waals surface area (Å²) in [6.45, 7) is 2.08. The maximum absolute atomic E-state index is 10.7. The summed E-state index contributed by atoms with van der Waals surface area (Å²) < 4.78 is 0. The molecule has 1 N–H and O–H groups in total. The lowest BCUT2D eigenvalue weighted by atomic mass is 9.88. The molecule has 2 atom stereocenters. The van der Waals surface area contributed by atoms with Crippen LogP contribution in [0.25, 0.3) is 0 Å². The van der Waals surface area contributed by atoms with Gasteiger partial charge in [-0.15, -0.1) is 0 Å². The lowest BCUT2D eigenvalue weighted by Gasteiger charge is -2.28. The minimum absolute atomic E-state index is 0.126. The van der Waals surface area contributed by atoms with Crippen LogP contribution in [0.15, 0.2) is 23.3 Å². The van der Waals surface area contributed by atoms with Gasteiger partial charge in [-0.1, -0.05) is 43.5 Å². The van der Waals surface area contributed by atoms with E-state index in [1.807, 2.05) is 0 Å². The Hall–Kier alpha value is -0.800. The highest BCUT2D eigenvalue weighted by Gasteiger charge is 2.27. The number of rotatable bonds is 5. The average Bonchev–Trinajstić information content (AvgIpc) is 2.17. The molecule has 0 aromatic carbocycles. The molecule has 1 aliphatic carbocycles. The van der Waals surface area contributed by atoms with Crippen LogP contribution in [0.2, 0.25) is 0 Å². The Labute approximate surface area is 100 Å². The molecule has 0 fully saturated rings. The second kappa shape index (κ2) is 5.51. The molecule has 0 saturated carbocycles. The monoisotopic (exact) mass is 243 g/mol. The van der Waals surface area contributed by atoms with Crippen LogP contribution in [-0.4, -0.2) is 16.7 Å². The van der Waals surface area contributed by atoms with Crippen molar-refractivity contribution >= 4 is 17.6 Å². The second-order valence-corrected chi connectivity index (χ2v) is 4.57. The topological polar surface area (TPSA) is 60.4 Å². The van der Waals surface area contributed by atoms with Crippen molar-refractivity contribution in [2.75, 3.05) is 0 Å². The molecule has 3 nitrogen and oxygen atoms in total. The molecule has 0 bridgehead atoms. The van der Waals surface area contributed by atoms with E-state index in [1.54, 1.807) is 0 Å². The second-order valence-electron chi connectivity index (χ2n) is 4.13. The summed E-state index contributed by atoms with van der Waals surface area (Å²) in [6, 6.07) is 0. The van der Waals surface area contributed by atoms with Crippen molar-refractivity contribution in [1.29, 1.82) is 0 Å². The highest BCUT2D eigenvalue weighted by atomic mass is 35.5. The molecule has 0 amide bonds. The minimum Gasteiger partial charge on any atom is -0.549 e. The SMILES string of the molecule is CCCCCC1(O)C=CC(C(=O)[O-])C(Cl)=C1. The highest BCUT2D eigenvalue weighted by Crippen LogP contribution is 2.30. The lowest BCUT2D eigenvalue weighted by molar-refractivity contribution is -0.308. The number of aliphatic carboxylic acids is 1. The van der Waals surface area contributed by atoms with Gasteiger partial charge in [0.15, 0.2) is 0 Å². The number of carboxylic acid groups (broad SMARTS) is 1. The Morgan fingerprint density at radius 3 is 2.81 bits per heavy atom. The molecule has 90 valence electrons. The van der Waals surface area contributed by atoms with E-state index in [4.69, 9.17) is 11.6 Å². The van der Waals surface area contributed by atoms with E-state index in [2.05, 4.69) is 6.92 Å². The van der Waals surface area contributed by atoms with Gasteiger partial charge in [-0.05, 0) is 18.9 Å². The molecular formula is C12H16ClO3-. The maximum atomic E-state index is 10.7. The van der Waals surface area contributed by atoms with Crippen LogP contribution >= 0.6 is 11.6 Å². The molecule has 2 unspecified atom stereocenters. The Kier molecular flexibility index (Phi) is 4.56. The number of carbonyl (C=O) groups excluding carboxylic acids is 1. The summed E-state index contributed by atoms with van der Waals surface area (Å²) in [4.78, 5) is 10.7. The van der Waals surface area contributed by atoms with Crippen molar-refractivity contribution in [3.63, 3.8) is 0 Å². The number of halogens is 1. The fourth-order valence-electron chi connectivity index (χ4n) is 1.74. The van der Waals surface area contributed by atoms with E-state index in [0.717, 1.165) is 19.3 Å². The van der Waals surface area contributed by atoms with Crippen LogP contribution < -0.4 is 5.11 Å². The van der Waals surface area contributed by atoms with Crippen molar-refractivity contribution in [3.05, 3.63) is 23.3 Å². The van der Waals surface area contributed by atoms with Crippen LogP contribution in [-0.2, 0) is 4.79 Å². The van der Waals surface area contributed by atoms with Crippen molar-refractivity contribution in [2.45, 2.75) is 38.2 Å². The molecule has 1 aliphatic rings. The highest BCUT2D eigenvalue weighted by molar-refractivity contribution is 6.31. The van der Waals surface area contributed by atoms with Gasteiger partial charge < -0.3 is 15.0 Å². The summed E-state index contributed by atoms with van der Waals surface area (Å²) in [6.07, 6.45) is 7.84. The normalized spacial score (nSPS) is 28.9. The first-order valence-electron chi connectivity index (χ1n) is 5.49. The van der Waals surface area contributed by atoms with Gasteiger partial charge in [0.25, 0.3) is 0 Å². The van der Waals surface area contributed by atoms with Gasteiger partial charge in [0.05, 0.1) is 11.9 Å². The van der Waals surface area contributed by atoms with Crippen LogP contribution in [0, 0.1) is 5.92 Å². The van der Waals surface area contributed by atoms with E-state index in [0.29, 0.717) is 6.42 Å². The Morgan fingerprint density at radius 1 is 1.62 bits per heavy atom. The van der Waals surface area contributed by atoms with Gasteiger partial charge in [-0.3, -0.25) is 0 Å². The smallest absolute Gasteiger partial charge is 0.102 e. The van der Waals surface area contributed by atoms with Crippen LogP contribution in [0.4, 0.5) is 0 Å². The summed E-state index contributed by atoms with van der Waals surface area (Å²) in [5, 5.41) is 20.9.